The second kappa shape index (κ2) is 5.82. The SMILES string of the molecule is Cc1ccc(CN[C@@H](C(=O)O)C(C)C)c(C)c1. The van der Waals surface area contributed by atoms with Crippen LogP contribution in [-0.4, -0.2) is 17.1 Å². The van der Waals surface area contributed by atoms with E-state index in [9.17, 15) is 4.79 Å². The minimum Gasteiger partial charge on any atom is -0.480 e. The van der Waals surface area contributed by atoms with E-state index in [0.29, 0.717) is 6.54 Å². The topological polar surface area (TPSA) is 49.3 Å². The molecule has 0 aliphatic heterocycles. The van der Waals surface area contributed by atoms with E-state index < -0.39 is 12.0 Å². The molecule has 1 rings (SSSR count). The first kappa shape index (κ1) is 13.7. The number of benzene rings is 1. The first-order valence-corrected chi connectivity index (χ1v) is 5.94. The van der Waals surface area contributed by atoms with Crippen LogP contribution in [0.4, 0.5) is 0 Å². The maximum absolute atomic E-state index is 11.0. The molecule has 94 valence electrons. The van der Waals surface area contributed by atoms with Gasteiger partial charge < -0.3 is 10.4 Å². The third kappa shape index (κ3) is 3.86. The van der Waals surface area contributed by atoms with E-state index >= 15 is 0 Å². The summed E-state index contributed by atoms with van der Waals surface area (Å²) in [5.74, 6) is -0.706. The van der Waals surface area contributed by atoms with Crippen LogP contribution in [0.25, 0.3) is 0 Å². The molecule has 0 bridgehead atoms. The molecule has 17 heavy (non-hydrogen) atoms. The van der Waals surface area contributed by atoms with Gasteiger partial charge in [0.1, 0.15) is 6.04 Å². The summed E-state index contributed by atoms with van der Waals surface area (Å²) in [7, 11) is 0. The van der Waals surface area contributed by atoms with Crippen molar-refractivity contribution in [2.45, 2.75) is 40.3 Å². The lowest BCUT2D eigenvalue weighted by atomic mass is 10.0. The van der Waals surface area contributed by atoms with Gasteiger partial charge in [-0.25, -0.2) is 0 Å². The summed E-state index contributed by atoms with van der Waals surface area (Å²) >= 11 is 0. The van der Waals surface area contributed by atoms with Crippen LogP contribution in [0.5, 0.6) is 0 Å². The van der Waals surface area contributed by atoms with Crippen molar-refractivity contribution in [3.63, 3.8) is 0 Å². The van der Waals surface area contributed by atoms with Gasteiger partial charge in [-0.2, -0.15) is 0 Å². The fraction of sp³-hybridized carbons (Fsp3) is 0.500. The average Bonchev–Trinajstić information content (AvgIpc) is 2.20. The van der Waals surface area contributed by atoms with E-state index in [-0.39, 0.29) is 5.92 Å². The monoisotopic (exact) mass is 235 g/mol. The molecule has 0 radical (unpaired) electrons. The second-order valence-electron chi connectivity index (χ2n) is 4.87. The lowest BCUT2D eigenvalue weighted by Crippen LogP contribution is -2.40. The predicted octanol–water partition coefficient (Wildman–Crippen LogP) is 2.50. The molecular weight excluding hydrogens is 214 g/mol. The molecule has 0 heterocycles. The van der Waals surface area contributed by atoms with Gasteiger partial charge in [-0.1, -0.05) is 37.6 Å². The smallest absolute Gasteiger partial charge is 0.320 e. The van der Waals surface area contributed by atoms with Crippen molar-refractivity contribution >= 4 is 5.97 Å². The maximum atomic E-state index is 11.0. The molecule has 2 N–H and O–H groups in total. The number of aliphatic carboxylic acids is 1. The standard InChI is InChI=1S/C14H21NO2/c1-9(2)13(14(16)17)15-8-12-6-5-10(3)7-11(12)4/h5-7,9,13,15H,8H2,1-4H3,(H,16,17)/t13-/m1/s1. The number of aryl methyl sites for hydroxylation is 2. The Morgan fingerprint density at radius 3 is 2.47 bits per heavy atom. The van der Waals surface area contributed by atoms with Crippen molar-refractivity contribution in [2.75, 3.05) is 0 Å². The van der Waals surface area contributed by atoms with Gasteiger partial charge in [-0.3, -0.25) is 4.79 Å². The van der Waals surface area contributed by atoms with Crippen molar-refractivity contribution in [3.05, 3.63) is 34.9 Å². The van der Waals surface area contributed by atoms with Gasteiger partial charge >= 0.3 is 5.97 Å². The fourth-order valence-electron chi connectivity index (χ4n) is 1.87. The van der Waals surface area contributed by atoms with Crippen LogP contribution in [0, 0.1) is 19.8 Å². The van der Waals surface area contributed by atoms with Gasteiger partial charge in [0.2, 0.25) is 0 Å². The average molecular weight is 235 g/mol. The molecule has 0 fully saturated rings. The van der Waals surface area contributed by atoms with E-state index in [4.69, 9.17) is 5.11 Å². The third-order valence-corrected chi connectivity index (χ3v) is 2.94. The van der Waals surface area contributed by atoms with Gasteiger partial charge in [0.25, 0.3) is 0 Å². The molecule has 3 nitrogen and oxygen atoms in total. The Kier molecular flexibility index (Phi) is 4.70. The number of carboxylic acid groups (broad SMARTS) is 1. The second-order valence-corrected chi connectivity index (χ2v) is 4.87. The first-order chi connectivity index (χ1) is 7.91. The molecule has 0 aliphatic rings. The van der Waals surface area contributed by atoms with E-state index in [1.807, 2.05) is 13.8 Å². The highest BCUT2D eigenvalue weighted by Crippen LogP contribution is 2.11. The molecule has 3 heteroatoms. The largest absolute Gasteiger partial charge is 0.480 e. The molecule has 0 saturated carbocycles. The van der Waals surface area contributed by atoms with Crippen LogP contribution in [0.3, 0.4) is 0 Å². The zero-order valence-electron chi connectivity index (χ0n) is 10.9. The zero-order chi connectivity index (χ0) is 13.0. The highest BCUT2D eigenvalue weighted by atomic mass is 16.4. The Morgan fingerprint density at radius 1 is 1.35 bits per heavy atom. The summed E-state index contributed by atoms with van der Waals surface area (Å²) < 4.78 is 0. The molecular formula is C14H21NO2. The normalized spacial score (nSPS) is 12.8. The van der Waals surface area contributed by atoms with Crippen molar-refractivity contribution in [2.24, 2.45) is 5.92 Å². The number of nitrogens with one attached hydrogen (secondary N) is 1. The van der Waals surface area contributed by atoms with E-state index in [1.54, 1.807) is 0 Å². The Labute approximate surface area is 103 Å². The van der Waals surface area contributed by atoms with E-state index in [0.717, 1.165) is 5.56 Å². The van der Waals surface area contributed by atoms with Gasteiger partial charge in [0, 0.05) is 6.54 Å². The minimum absolute atomic E-state index is 0.0817. The summed E-state index contributed by atoms with van der Waals surface area (Å²) in [5.41, 5.74) is 3.58. The molecule has 0 amide bonds. The molecule has 0 unspecified atom stereocenters. The number of carboxylic acids is 1. The molecule has 0 spiro atoms. The predicted molar refractivity (Wildman–Crippen MR) is 69.0 cm³/mol. The molecule has 0 saturated heterocycles. The fourth-order valence-corrected chi connectivity index (χ4v) is 1.87. The minimum atomic E-state index is -0.787. The summed E-state index contributed by atoms with van der Waals surface area (Å²) in [5, 5.41) is 12.2. The first-order valence-electron chi connectivity index (χ1n) is 5.94. The molecule has 1 aromatic rings. The summed E-state index contributed by atoms with van der Waals surface area (Å²) in [6.07, 6.45) is 0. The van der Waals surface area contributed by atoms with Gasteiger partial charge in [-0.15, -0.1) is 0 Å². The van der Waals surface area contributed by atoms with Gasteiger partial charge in [-0.05, 0) is 30.9 Å². The molecule has 0 aromatic heterocycles. The Bertz CT molecular complexity index is 399. The number of hydrogen-bond acceptors (Lipinski definition) is 2. The number of rotatable bonds is 5. The Balaban J connectivity index is 2.69. The van der Waals surface area contributed by atoms with Crippen LogP contribution >= 0.6 is 0 Å². The van der Waals surface area contributed by atoms with Crippen LogP contribution in [0.2, 0.25) is 0 Å². The summed E-state index contributed by atoms with van der Waals surface area (Å²) in [6, 6.07) is 5.73. The quantitative estimate of drug-likeness (QED) is 0.824. The van der Waals surface area contributed by atoms with Crippen LogP contribution in [0.1, 0.15) is 30.5 Å². The van der Waals surface area contributed by atoms with E-state index in [1.165, 1.54) is 11.1 Å². The number of carbonyl (C=O) groups is 1. The lowest BCUT2D eigenvalue weighted by Gasteiger charge is -2.18. The summed E-state index contributed by atoms with van der Waals surface area (Å²) in [4.78, 5) is 11.0. The van der Waals surface area contributed by atoms with Crippen molar-refractivity contribution in [3.8, 4) is 0 Å². The summed E-state index contributed by atoms with van der Waals surface area (Å²) in [6.45, 7) is 8.52. The highest BCUT2D eigenvalue weighted by Gasteiger charge is 2.20. The van der Waals surface area contributed by atoms with E-state index in [2.05, 4.69) is 37.4 Å². The van der Waals surface area contributed by atoms with Crippen molar-refractivity contribution in [1.29, 1.82) is 0 Å². The van der Waals surface area contributed by atoms with Crippen molar-refractivity contribution < 1.29 is 9.90 Å². The molecule has 1 atom stereocenters. The van der Waals surface area contributed by atoms with Crippen LogP contribution in [-0.2, 0) is 11.3 Å². The van der Waals surface area contributed by atoms with Crippen LogP contribution in [0.15, 0.2) is 18.2 Å². The van der Waals surface area contributed by atoms with Gasteiger partial charge in [0.15, 0.2) is 0 Å². The third-order valence-electron chi connectivity index (χ3n) is 2.94. The van der Waals surface area contributed by atoms with Crippen molar-refractivity contribution in [1.82, 2.24) is 5.32 Å². The maximum Gasteiger partial charge on any atom is 0.320 e. The Hall–Kier alpha value is -1.35. The molecule has 0 aliphatic carbocycles. The molecule has 1 aromatic carbocycles. The van der Waals surface area contributed by atoms with Crippen LogP contribution < -0.4 is 5.32 Å². The number of hydrogen-bond donors (Lipinski definition) is 2. The lowest BCUT2D eigenvalue weighted by molar-refractivity contribution is -0.140. The highest BCUT2D eigenvalue weighted by molar-refractivity contribution is 5.73. The zero-order valence-corrected chi connectivity index (χ0v) is 10.9. The Morgan fingerprint density at radius 2 is 2.00 bits per heavy atom. The van der Waals surface area contributed by atoms with Gasteiger partial charge in [0.05, 0.1) is 0 Å².